The number of ether oxygens (including phenoxy) is 2. The second-order valence-corrected chi connectivity index (χ2v) is 6.71. The zero-order chi connectivity index (χ0) is 19.8. The Balaban J connectivity index is 1.46. The molecule has 7 nitrogen and oxygen atoms in total. The second-order valence-electron chi connectivity index (χ2n) is 6.71. The molecule has 28 heavy (non-hydrogen) atoms. The number of methoxy groups -OCH3 is 1. The number of nitrogens with zero attached hydrogens (tertiary/aromatic N) is 4. The average molecular weight is 384 g/mol. The number of β-amino-alcohol motifs (C(OH)–C–C–N with tert-alkyl or cyclic N) is 1. The maximum atomic E-state index is 10.4. The summed E-state index contributed by atoms with van der Waals surface area (Å²) < 4.78 is 11.2. The van der Waals surface area contributed by atoms with E-state index in [1.165, 1.54) is 0 Å². The fourth-order valence-electron chi connectivity index (χ4n) is 3.22. The van der Waals surface area contributed by atoms with Crippen molar-refractivity contribution in [3.8, 4) is 11.5 Å². The Morgan fingerprint density at radius 2 is 1.89 bits per heavy atom. The molecule has 0 saturated carbocycles. The number of benzene rings is 1. The van der Waals surface area contributed by atoms with E-state index in [2.05, 4.69) is 19.8 Å². The molecule has 0 amide bonds. The second kappa shape index (κ2) is 10.1. The summed E-state index contributed by atoms with van der Waals surface area (Å²) in [6, 6.07) is 7.58. The first-order valence-corrected chi connectivity index (χ1v) is 9.55. The smallest absolute Gasteiger partial charge is 0.225 e. The molecule has 0 radical (unpaired) electrons. The van der Waals surface area contributed by atoms with Gasteiger partial charge in [0.1, 0.15) is 12.7 Å². The predicted molar refractivity (Wildman–Crippen MR) is 110 cm³/mol. The summed E-state index contributed by atoms with van der Waals surface area (Å²) in [6.07, 6.45) is 6.92. The molecule has 150 valence electrons. The minimum atomic E-state index is -0.570. The van der Waals surface area contributed by atoms with Crippen LogP contribution in [0.4, 0.5) is 5.95 Å². The molecule has 0 bridgehead atoms. The van der Waals surface area contributed by atoms with E-state index in [9.17, 15) is 5.11 Å². The Morgan fingerprint density at radius 3 is 2.57 bits per heavy atom. The molecule has 1 saturated heterocycles. The lowest BCUT2D eigenvalue weighted by Crippen LogP contribution is -2.49. The van der Waals surface area contributed by atoms with Crippen LogP contribution in [0.15, 0.2) is 42.7 Å². The number of aromatic nitrogens is 2. The molecular formula is C21H28N4O3. The third-order valence-electron chi connectivity index (χ3n) is 4.65. The summed E-state index contributed by atoms with van der Waals surface area (Å²) in [5, 5.41) is 10.4. The van der Waals surface area contributed by atoms with Crippen molar-refractivity contribution >= 4 is 12.0 Å². The van der Waals surface area contributed by atoms with Crippen molar-refractivity contribution in [2.45, 2.75) is 13.0 Å². The summed E-state index contributed by atoms with van der Waals surface area (Å²) in [5.74, 6) is 2.07. The van der Waals surface area contributed by atoms with Crippen LogP contribution >= 0.6 is 0 Å². The number of hydrogen-bond acceptors (Lipinski definition) is 7. The molecule has 2 heterocycles. The fourth-order valence-corrected chi connectivity index (χ4v) is 3.22. The summed E-state index contributed by atoms with van der Waals surface area (Å²) >= 11 is 0. The van der Waals surface area contributed by atoms with E-state index in [0.29, 0.717) is 18.0 Å². The van der Waals surface area contributed by atoms with Gasteiger partial charge >= 0.3 is 0 Å². The highest BCUT2D eigenvalue weighted by molar-refractivity contribution is 5.55. The molecule has 1 aromatic heterocycles. The van der Waals surface area contributed by atoms with E-state index in [0.717, 1.165) is 37.7 Å². The third-order valence-corrected chi connectivity index (χ3v) is 4.65. The van der Waals surface area contributed by atoms with Gasteiger partial charge in [0.2, 0.25) is 5.95 Å². The molecule has 2 aromatic rings. The molecule has 7 heteroatoms. The van der Waals surface area contributed by atoms with Crippen LogP contribution in [0, 0.1) is 0 Å². The van der Waals surface area contributed by atoms with Gasteiger partial charge in [-0.25, -0.2) is 9.97 Å². The number of rotatable bonds is 8. The zero-order valence-electron chi connectivity index (χ0n) is 16.5. The van der Waals surface area contributed by atoms with E-state index in [-0.39, 0.29) is 6.61 Å². The molecular weight excluding hydrogens is 356 g/mol. The summed E-state index contributed by atoms with van der Waals surface area (Å²) in [6.45, 7) is 6.17. The Labute approximate surface area is 166 Å². The molecule has 1 atom stereocenters. The lowest BCUT2D eigenvalue weighted by atomic mass is 10.2. The van der Waals surface area contributed by atoms with Gasteiger partial charge in [-0.05, 0) is 30.7 Å². The van der Waals surface area contributed by atoms with E-state index < -0.39 is 6.10 Å². The van der Waals surface area contributed by atoms with Gasteiger partial charge in [-0.15, -0.1) is 0 Å². The first kappa shape index (κ1) is 20.1. The summed E-state index contributed by atoms with van der Waals surface area (Å²) in [5.41, 5.74) is 1.05. The van der Waals surface area contributed by atoms with Crippen LogP contribution in [0.25, 0.3) is 6.08 Å². The van der Waals surface area contributed by atoms with E-state index in [4.69, 9.17) is 9.47 Å². The van der Waals surface area contributed by atoms with Gasteiger partial charge in [-0.1, -0.05) is 18.2 Å². The van der Waals surface area contributed by atoms with Crippen molar-refractivity contribution in [3.05, 3.63) is 48.3 Å². The molecule has 1 fully saturated rings. The van der Waals surface area contributed by atoms with Gasteiger partial charge in [-0.2, -0.15) is 0 Å². The van der Waals surface area contributed by atoms with Gasteiger partial charge in [-0.3, -0.25) is 4.90 Å². The van der Waals surface area contributed by atoms with E-state index >= 15 is 0 Å². The average Bonchev–Trinajstić information content (AvgIpc) is 2.74. The van der Waals surface area contributed by atoms with Crippen LogP contribution in [0.2, 0.25) is 0 Å². The number of anilines is 1. The highest BCUT2D eigenvalue weighted by atomic mass is 16.5. The van der Waals surface area contributed by atoms with E-state index in [1.807, 2.05) is 43.3 Å². The highest BCUT2D eigenvalue weighted by Gasteiger charge is 2.21. The van der Waals surface area contributed by atoms with Crippen molar-refractivity contribution in [1.82, 2.24) is 14.9 Å². The van der Waals surface area contributed by atoms with Gasteiger partial charge in [0.15, 0.2) is 11.5 Å². The third kappa shape index (κ3) is 5.43. The van der Waals surface area contributed by atoms with Gasteiger partial charge in [0, 0.05) is 45.1 Å². The zero-order valence-corrected chi connectivity index (χ0v) is 16.5. The maximum Gasteiger partial charge on any atom is 0.225 e. The maximum absolute atomic E-state index is 10.4. The van der Waals surface area contributed by atoms with Crippen molar-refractivity contribution in [3.63, 3.8) is 0 Å². The number of allylic oxidation sites excluding steroid dienone is 1. The monoisotopic (exact) mass is 384 g/mol. The van der Waals surface area contributed by atoms with Crippen LogP contribution in [0.5, 0.6) is 11.5 Å². The van der Waals surface area contributed by atoms with Crippen LogP contribution in [0.1, 0.15) is 12.5 Å². The lowest BCUT2D eigenvalue weighted by molar-refractivity contribution is 0.0652. The quantitative estimate of drug-likeness (QED) is 0.747. The largest absolute Gasteiger partial charge is 0.493 e. The minimum Gasteiger partial charge on any atom is -0.493 e. The predicted octanol–water partition coefficient (Wildman–Crippen LogP) is 2.08. The Morgan fingerprint density at radius 1 is 1.14 bits per heavy atom. The molecule has 0 aliphatic carbocycles. The van der Waals surface area contributed by atoms with Gasteiger partial charge in [0.25, 0.3) is 0 Å². The van der Waals surface area contributed by atoms with Crippen molar-refractivity contribution < 1.29 is 14.6 Å². The topological polar surface area (TPSA) is 71.0 Å². The molecule has 1 aliphatic heterocycles. The van der Waals surface area contributed by atoms with Crippen molar-refractivity contribution in [2.24, 2.45) is 0 Å². The fraction of sp³-hybridized carbons (Fsp3) is 0.429. The SMILES string of the molecule is C/C=C\c1ccc(OC[C@H](O)CN2CCN(c3ncccn3)CC2)c(OC)c1. The van der Waals surface area contributed by atoms with E-state index in [1.54, 1.807) is 19.5 Å². The number of aliphatic hydroxyl groups excluding tert-OH is 1. The first-order chi connectivity index (χ1) is 13.7. The number of hydrogen-bond donors (Lipinski definition) is 1. The molecule has 0 unspecified atom stereocenters. The minimum absolute atomic E-state index is 0.224. The molecule has 1 aromatic carbocycles. The van der Waals surface area contributed by atoms with Crippen LogP contribution in [-0.4, -0.2) is 72.5 Å². The van der Waals surface area contributed by atoms with Crippen LogP contribution in [0.3, 0.4) is 0 Å². The van der Waals surface area contributed by atoms with Gasteiger partial charge < -0.3 is 19.5 Å². The lowest BCUT2D eigenvalue weighted by Gasteiger charge is -2.35. The van der Waals surface area contributed by atoms with Crippen LogP contribution in [-0.2, 0) is 0 Å². The molecule has 3 rings (SSSR count). The standard InChI is InChI=1S/C21H28N4O3/c1-3-5-17-6-7-19(20(14-17)27-2)28-16-18(26)15-24-10-12-25(13-11-24)21-22-8-4-9-23-21/h3-9,14,18,26H,10-13,15-16H2,1-2H3/b5-3-/t18-/m1/s1. The van der Waals surface area contributed by atoms with Gasteiger partial charge in [0.05, 0.1) is 7.11 Å². The Kier molecular flexibility index (Phi) is 7.22. The summed E-state index contributed by atoms with van der Waals surface area (Å²) in [4.78, 5) is 13.0. The first-order valence-electron chi connectivity index (χ1n) is 9.55. The summed E-state index contributed by atoms with van der Waals surface area (Å²) in [7, 11) is 1.62. The Bertz CT molecular complexity index is 762. The Hall–Kier alpha value is -2.64. The molecule has 1 aliphatic rings. The van der Waals surface area contributed by atoms with Crippen LogP contribution < -0.4 is 14.4 Å². The molecule has 0 spiro atoms. The number of piperazine rings is 1. The molecule has 1 N–H and O–H groups in total. The number of aliphatic hydroxyl groups is 1. The normalized spacial score (nSPS) is 16.3. The van der Waals surface area contributed by atoms with Crippen molar-refractivity contribution in [2.75, 3.05) is 51.3 Å². The highest BCUT2D eigenvalue weighted by Crippen LogP contribution is 2.28. The van der Waals surface area contributed by atoms with Crippen molar-refractivity contribution in [1.29, 1.82) is 0 Å².